The van der Waals surface area contributed by atoms with Crippen LogP contribution in [0.3, 0.4) is 0 Å². The molecule has 0 saturated heterocycles. The Hall–Kier alpha value is -0.643. The van der Waals surface area contributed by atoms with Gasteiger partial charge >= 0.3 is 0 Å². The van der Waals surface area contributed by atoms with Crippen molar-refractivity contribution in [1.29, 1.82) is 0 Å². The smallest absolute Gasteiger partial charge is 0.0784 e. The van der Waals surface area contributed by atoms with E-state index in [1.165, 1.54) is 0 Å². The molecule has 0 fully saturated rings. The molecule has 0 spiro atoms. The molecule has 0 aliphatic carbocycles. The van der Waals surface area contributed by atoms with Crippen molar-refractivity contribution in [2.45, 2.75) is 112 Å². The fraction of sp³-hybridized carbons (Fsp3) is 0.739. The lowest BCUT2D eigenvalue weighted by Gasteiger charge is -2.36. The molecule has 0 aliphatic heterocycles. The van der Waals surface area contributed by atoms with E-state index < -0.39 is 8.07 Å². The second-order valence-corrected chi connectivity index (χ2v) is 14.9. The molecule has 0 unspecified atom stereocenters. The minimum Gasteiger partial charge on any atom is -0.294 e. The molecule has 0 saturated carbocycles. The molecule has 3 heteroatoms. The van der Waals surface area contributed by atoms with E-state index in [1.807, 2.05) is 0 Å². The van der Waals surface area contributed by atoms with Gasteiger partial charge in [-0.3, -0.25) is 9.80 Å². The van der Waals surface area contributed by atoms with Crippen LogP contribution in [0.1, 0.15) is 66.5 Å². The van der Waals surface area contributed by atoms with Gasteiger partial charge in [0.1, 0.15) is 0 Å². The first-order valence-electron chi connectivity index (χ1n) is 10.5. The Balaban J connectivity index is 3.37. The predicted molar refractivity (Wildman–Crippen MR) is 121 cm³/mol. The zero-order chi connectivity index (χ0) is 20.2. The molecule has 0 aromatic heterocycles. The molecule has 1 rings (SSSR count). The summed E-state index contributed by atoms with van der Waals surface area (Å²) in [6.07, 6.45) is 0. The van der Waals surface area contributed by atoms with Crippen molar-refractivity contribution in [3.63, 3.8) is 0 Å². The highest BCUT2D eigenvalue weighted by Crippen LogP contribution is 2.19. The van der Waals surface area contributed by atoms with Crippen LogP contribution in [0.4, 0.5) is 0 Å². The summed E-state index contributed by atoms with van der Waals surface area (Å²) in [6.45, 7) is 28.2. The third-order valence-corrected chi connectivity index (χ3v) is 7.49. The molecule has 0 atom stereocenters. The minimum atomic E-state index is -1.45. The molecule has 0 N–H and O–H groups in total. The second kappa shape index (κ2) is 9.52. The number of nitrogens with zero attached hydrogens (tertiary/aromatic N) is 2. The molecule has 26 heavy (non-hydrogen) atoms. The van der Waals surface area contributed by atoms with Crippen LogP contribution in [0, 0.1) is 0 Å². The van der Waals surface area contributed by atoms with Gasteiger partial charge in [0.05, 0.1) is 8.07 Å². The van der Waals surface area contributed by atoms with Gasteiger partial charge in [-0.2, -0.15) is 0 Å². The molecule has 0 bridgehead atoms. The SMILES string of the molecule is CC(C)N(Cc1cccc(CN(C(C)C)C(C)C)c1[Si](C)(C)C)C(C)C. The molecule has 0 aliphatic rings. The third-order valence-electron chi connectivity index (χ3n) is 5.35. The van der Waals surface area contributed by atoms with Crippen molar-refractivity contribution < 1.29 is 0 Å². The van der Waals surface area contributed by atoms with E-state index in [0.29, 0.717) is 24.2 Å². The van der Waals surface area contributed by atoms with E-state index in [1.54, 1.807) is 16.3 Å². The van der Waals surface area contributed by atoms with Crippen LogP contribution in [0.5, 0.6) is 0 Å². The van der Waals surface area contributed by atoms with Crippen LogP contribution in [0.15, 0.2) is 18.2 Å². The number of rotatable bonds is 9. The van der Waals surface area contributed by atoms with E-state index in [0.717, 1.165) is 13.1 Å². The standard InChI is InChI=1S/C23H44N2Si/c1-17(2)24(18(3)4)15-21-13-12-14-22(23(21)26(9,10)11)16-25(19(5)6)20(7)8/h12-14,17-20H,15-16H2,1-11H3. The summed E-state index contributed by atoms with van der Waals surface area (Å²) < 4.78 is 0. The Morgan fingerprint density at radius 2 is 0.962 bits per heavy atom. The first-order chi connectivity index (χ1) is 11.9. The van der Waals surface area contributed by atoms with Crippen LogP contribution in [-0.4, -0.2) is 42.0 Å². The Labute approximate surface area is 165 Å². The quantitative estimate of drug-likeness (QED) is 0.527. The second-order valence-electron chi connectivity index (χ2n) is 9.92. The Morgan fingerprint density at radius 3 is 1.19 bits per heavy atom. The Morgan fingerprint density at radius 1 is 0.654 bits per heavy atom. The van der Waals surface area contributed by atoms with Crippen molar-refractivity contribution in [1.82, 2.24) is 9.80 Å². The van der Waals surface area contributed by atoms with E-state index in [9.17, 15) is 0 Å². The van der Waals surface area contributed by atoms with Crippen molar-refractivity contribution in [3.05, 3.63) is 29.3 Å². The third kappa shape index (κ3) is 6.21. The first-order valence-corrected chi connectivity index (χ1v) is 14.0. The summed E-state index contributed by atoms with van der Waals surface area (Å²) in [5.74, 6) is 0. The van der Waals surface area contributed by atoms with Gasteiger partial charge < -0.3 is 0 Å². The maximum absolute atomic E-state index is 2.62. The van der Waals surface area contributed by atoms with Gasteiger partial charge in [-0.05, 0) is 66.5 Å². The summed E-state index contributed by atoms with van der Waals surface area (Å²) in [4.78, 5) is 5.23. The van der Waals surface area contributed by atoms with Crippen molar-refractivity contribution in [2.75, 3.05) is 0 Å². The van der Waals surface area contributed by atoms with Crippen molar-refractivity contribution >= 4 is 13.3 Å². The predicted octanol–water partition coefficient (Wildman–Crippen LogP) is 5.47. The van der Waals surface area contributed by atoms with Crippen LogP contribution in [0.25, 0.3) is 0 Å². The van der Waals surface area contributed by atoms with Crippen LogP contribution >= 0.6 is 0 Å². The van der Waals surface area contributed by atoms with Crippen molar-refractivity contribution in [3.8, 4) is 0 Å². The van der Waals surface area contributed by atoms with Gasteiger partial charge in [-0.1, -0.05) is 43.0 Å². The molecule has 2 nitrogen and oxygen atoms in total. The molecule has 1 aromatic carbocycles. The summed E-state index contributed by atoms with van der Waals surface area (Å²) in [5.41, 5.74) is 3.10. The first kappa shape index (κ1) is 23.4. The average Bonchev–Trinajstić information content (AvgIpc) is 2.47. The van der Waals surface area contributed by atoms with Gasteiger partial charge in [0, 0.05) is 37.3 Å². The Bertz CT molecular complexity index is 500. The van der Waals surface area contributed by atoms with Gasteiger partial charge in [0.15, 0.2) is 0 Å². The summed E-state index contributed by atoms with van der Waals surface area (Å²) in [5, 5.41) is 1.68. The zero-order valence-corrected chi connectivity index (χ0v) is 20.4. The van der Waals surface area contributed by atoms with Crippen molar-refractivity contribution in [2.24, 2.45) is 0 Å². The van der Waals surface area contributed by atoms with Gasteiger partial charge in [0.25, 0.3) is 0 Å². The van der Waals surface area contributed by atoms with Crippen LogP contribution in [0.2, 0.25) is 19.6 Å². The lowest BCUT2D eigenvalue weighted by Crippen LogP contribution is -2.47. The summed E-state index contributed by atoms with van der Waals surface area (Å²) in [7, 11) is -1.45. The topological polar surface area (TPSA) is 6.48 Å². The fourth-order valence-corrected chi connectivity index (χ4v) is 6.45. The minimum absolute atomic E-state index is 0.566. The Kier molecular flexibility index (Phi) is 8.57. The molecule has 0 radical (unpaired) electrons. The normalized spacial score (nSPS) is 13.3. The number of benzene rings is 1. The zero-order valence-electron chi connectivity index (χ0n) is 19.4. The van der Waals surface area contributed by atoms with E-state index in [2.05, 4.69) is 103 Å². The average molecular weight is 377 g/mol. The highest BCUT2D eigenvalue weighted by molar-refractivity contribution is 6.89. The molecular weight excluding hydrogens is 332 g/mol. The van der Waals surface area contributed by atoms with E-state index >= 15 is 0 Å². The van der Waals surface area contributed by atoms with Gasteiger partial charge in [-0.25, -0.2) is 0 Å². The maximum Gasteiger partial charge on any atom is 0.0784 e. The van der Waals surface area contributed by atoms with E-state index in [-0.39, 0.29) is 0 Å². The number of hydrogen-bond acceptors (Lipinski definition) is 2. The molecular formula is C23H44N2Si. The largest absolute Gasteiger partial charge is 0.294 e. The molecule has 150 valence electrons. The summed E-state index contributed by atoms with van der Waals surface area (Å²) >= 11 is 0. The van der Waals surface area contributed by atoms with Gasteiger partial charge in [0.2, 0.25) is 0 Å². The lowest BCUT2D eigenvalue weighted by atomic mass is 10.1. The lowest BCUT2D eigenvalue weighted by molar-refractivity contribution is 0.164. The number of hydrogen-bond donors (Lipinski definition) is 0. The fourth-order valence-electron chi connectivity index (χ4n) is 4.20. The monoisotopic (exact) mass is 376 g/mol. The van der Waals surface area contributed by atoms with Crippen LogP contribution < -0.4 is 5.19 Å². The summed E-state index contributed by atoms with van der Waals surface area (Å²) in [6, 6.07) is 9.30. The van der Waals surface area contributed by atoms with Crippen LogP contribution in [-0.2, 0) is 13.1 Å². The van der Waals surface area contributed by atoms with Gasteiger partial charge in [-0.15, -0.1) is 0 Å². The molecule has 1 aromatic rings. The highest BCUT2D eigenvalue weighted by Gasteiger charge is 2.27. The molecule has 0 amide bonds. The molecule has 0 heterocycles. The van der Waals surface area contributed by atoms with E-state index in [4.69, 9.17) is 0 Å². The maximum atomic E-state index is 2.62. The highest BCUT2D eigenvalue weighted by atomic mass is 28.3.